The Morgan fingerprint density at radius 3 is 2.54 bits per heavy atom. The van der Waals surface area contributed by atoms with Crippen molar-refractivity contribution in [2.75, 3.05) is 45.8 Å². The topological polar surface area (TPSA) is 55.9 Å². The molecule has 3 rings (SSSR count). The van der Waals surface area contributed by atoms with Gasteiger partial charge < -0.3 is 15.1 Å². The maximum Gasteiger partial charge on any atom is 0.228 e. The highest BCUT2D eigenvalue weighted by Crippen LogP contribution is 2.26. The number of hydrogen-bond donors (Lipinski definition) is 1. The van der Waals surface area contributed by atoms with E-state index >= 15 is 0 Å². The van der Waals surface area contributed by atoms with E-state index in [1.807, 2.05) is 4.90 Å². The monoisotopic (exact) mass is 436 g/mol. The van der Waals surface area contributed by atoms with Crippen LogP contribution in [0, 0.1) is 5.92 Å². The number of hydrogen-bond acceptors (Lipinski definition) is 4. The number of likely N-dealkylation sites (tertiary alicyclic amines) is 2. The molecular weight excluding hydrogens is 399 g/mol. The molecule has 3 saturated heterocycles. The van der Waals surface area contributed by atoms with Gasteiger partial charge in [-0.2, -0.15) is 0 Å². The van der Waals surface area contributed by atoms with Crippen molar-refractivity contribution in [1.29, 1.82) is 0 Å². The molecule has 3 fully saturated rings. The SMILES string of the molecule is CCCN(C(=O)C1CC(=O)N(CC2CCCN2CC)C1)C1CCNCC1.Cl.Cl. The minimum absolute atomic E-state index is 0. The quantitative estimate of drug-likeness (QED) is 0.663. The molecule has 2 atom stereocenters. The van der Waals surface area contributed by atoms with Gasteiger partial charge in [-0.25, -0.2) is 0 Å². The van der Waals surface area contributed by atoms with E-state index in [4.69, 9.17) is 0 Å². The minimum Gasteiger partial charge on any atom is -0.340 e. The fourth-order valence-corrected chi connectivity index (χ4v) is 4.95. The number of nitrogens with zero attached hydrogens (tertiary/aromatic N) is 3. The summed E-state index contributed by atoms with van der Waals surface area (Å²) >= 11 is 0. The van der Waals surface area contributed by atoms with Gasteiger partial charge in [-0.05, 0) is 58.3 Å². The van der Waals surface area contributed by atoms with E-state index in [1.54, 1.807) is 0 Å². The lowest BCUT2D eigenvalue weighted by Crippen LogP contribution is -2.49. The van der Waals surface area contributed by atoms with E-state index in [-0.39, 0.29) is 42.5 Å². The van der Waals surface area contributed by atoms with Crippen molar-refractivity contribution in [2.45, 2.75) is 64.5 Å². The molecule has 3 heterocycles. The second-order valence-corrected chi connectivity index (χ2v) is 8.14. The van der Waals surface area contributed by atoms with Crippen LogP contribution in [-0.2, 0) is 9.59 Å². The molecule has 164 valence electrons. The number of piperidine rings is 1. The highest BCUT2D eigenvalue weighted by atomic mass is 35.5. The second-order valence-electron chi connectivity index (χ2n) is 8.14. The number of amides is 2. The van der Waals surface area contributed by atoms with Crippen molar-refractivity contribution in [1.82, 2.24) is 20.0 Å². The summed E-state index contributed by atoms with van der Waals surface area (Å²) in [6.45, 7) is 10.7. The molecule has 0 aliphatic carbocycles. The largest absolute Gasteiger partial charge is 0.340 e. The maximum atomic E-state index is 13.2. The first kappa shape index (κ1) is 25.5. The summed E-state index contributed by atoms with van der Waals surface area (Å²) in [4.78, 5) is 32.3. The molecule has 0 radical (unpaired) electrons. The molecule has 2 amide bonds. The molecule has 0 aromatic rings. The molecule has 0 saturated carbocycles. The third-order valence-electron chi connectivity index (χ3n) is 6.40. The summed E-state index contributed by atoms with van der Waals surface area (Å²) in [6, 6.07) is 0.826. The average molecular weight is 437 g/mol. The van der Waals surface area contributed by atoms with Gasteiger partial charge in [-0.3, -0.25) is 14.5 Å². The zero-order valence-electron chi connectivity index (χ0n) is 17.4. The summed E-state index contributed by atoms with van der Waals surface area (Å²) in [5, 5.41) is 3.38. The van der Waals surface area contributed by atoms with Crippen LogP contribution in [0.25, 0.3) is 0 Å². The first-order valence-corrected chi connectivity index (χ1v) is 10.7. The Morgan fingerprint density at radius 1 is 1.18 bits per heavy atom. The fourth-order valence-electron chi connectivity index (χ4n) is 4.95. The maximum absolute atomic E-state index is 13.2. The Balaban J connectivity index is 0.00000196. The van der Waals surface area contributed by atoms with Gasteiger partial charge in [0.25, 0.3) is 0 Å². The van der Waals surface area contributed by atoms with Crippen molar-refractivity contribution in [3.8, 4) is 0 Å². The van der Waals surface area contributed by atoms with Crippen LogP contribution in [0.2, 0.25) is 0 Å². The van der Waals surface area contributed by atoms with Gasteiger partial charge in [0, 0.05) is 38.1 Å². The number of carbonyl (C=O) groups excluding carboxylic acids is 2. The molecule has 0 bridgehead atoms. The van der Waals surface area contributed by atoms with Crippen molar-refractivity contribution >= 4 is 36.6 Å². The summed E-state index contributed by atoms with van der Waals surface area (Å²) in [5.41, 5.74) is 0. The average Bonchev–Trinajstić information content (AvgIpc) is 3.26. The van der Waals surface area contributed by atoms with E-state index < -0.39 is 0 Å². The van der Waals surface area contributed by atoms with Gasteiger partial charge in [-0.1, -0.05) is 13.8 Å². The van der Waals surface area contributed by atoms with E-state index in [0.29, 0.717) is 25.0 Å². The van der Waals surface area contributed by atoms with Crippen molar-refractivity contribution < 1.29 is 9.59 Å². The highest BCUT2D eigenvalue weighted by molar-refractivity contribution is 5.89. The first-order valence-electron chi connectivity index (χ1n) is 10.7. The summed E-state index contributed by atoms with van der Waals surface area (Å²) in [7, 11) is 0. The Morgan fingerprint density at radius 2 is 1.89 bits per heavy atom. The molecule has 1 N–H and O–H groups in total. The first-order chi connectivity index (χ1) is 12.6. The van der Waals surface area contributed by atoms with Crippen LogP contribution in [0.3, 0.4) is 0 Å². The van der Waals surface area contributed by atoms with Crippen LogP contribution in [-0.4, -0.2) is 84.4 Å². The zero-order chi connectivity index (χ0) is 18.5. The molecule has 6 nitrogen and oxygen atoms in total. The lowest BCUT2D eigenvalue weighted by Gasteiger charge is -2.36. The predicted octanol–water partition coefficient (Wildman–Crippen LogP) is 2.15. The van der Waals surface area contributed by atoms with Gasteiger partial charge in [0.1, 0.15) is 0 Å². The molecule has 28 heavy (non-hydrogen) atoms. The zero-order valence-corrected chi connectivity index (χ0v) is 19.0. The Hall–Kier alpha value is -0.560. The Labute approximate surface area is 182 Å². The standard InChI is InChI=1S/C20H36N4O2.2ClH/c1-3-11-24(17-7-9-21-10-8-17)20(26)16-13-19(25)23(14-16)15-18-6-5-12-22(18)4-2;;/h16-18,21H,3-15H2,1-2H3;2*1H. The van der Waals surface area contributed by atoms with Crippen molar-refractivity contribution in [3.63, 3.8) is 0 Å². The minimum atomic E-state index is -0.139. The molecule has 8 heteroatoms. The predicted molar refractivity (Wildman–Crippen MR) is 117 cm³/mol. The lowest BCUT2D eigenvalue weighted by molar-refractivity contribution is -0.138. The third-order valence-corrected chi connectivity index (χ3v) is 6.40. The van der Waals surface area contributed by atoms with Crippen LogP contribution in [0.15, 0.2) is 0 Å². The molecule has 0 spiro atoms. The van der Waals surface area contributed by atoms with Gasteiger partial charge in [-0.15, -0.1) is 24.8 Å². The molecule has 0 aromatic carbocycles. The van der Waals surface area contributed by atoms with E-state index in [2.05, 4.69) is 29.0 Å². The van der Waals surface area contributed by atoms with E-state index in [9.17, 15) is 9.59 Å². The Bertz CT molecular complexity index is 503. The van der Waals surface area contributed by atoms with E-state index in [1.165, 1.54) is 12.8 Å². The number of nitrogens with one attached hydrogen (secondary N) is 1. The molecule has 2 unspecified atom stereocenters. The number of halogens is 2. The molecule has 3 aliphatic rings. The number of likely N-dealkylation sites (N-methyl/N-ethyl adjacent to an activating group) is 1. The van der Waals surface area contributed by atoms with Gasteiger partial charge >= 0.3 is 0 Å². The van der Waals surface area contributed by atoms with Crippen LogP contribution >= 0.6 is 24.8 Å². The van der Waals surface area contributed by atoms with Crippen LogP contribution in [0.1, 0.15) is 52.4 Å². The third kappa shape index (κ3) is 5.97. The molecular formula is C20H38Cl2N4O2. The van der Waals surface area contributed by atoms with Crippen LogP contribution in [0.5, 0.6) is 0 Å². The summed E-state index contributed by atoms with van der Waals surface area (Å²) < 4.78 is 0. The highest BCUT2D eigenvalue weighted by Gasteiger charge is 2.39. The van der Waals surface area contributed by atoms with E-state index in [0.717, 1.165) is 58.5 Å². The normalized spacial score (nSPS) is 26.1. The summed E-state index contributed by atoms with van der Waals surface area (Å²) in [5.74, 6) is 0.252. The number of carbonyl (C=O) groups is 2. The van der Waals surface area contributed by atoms with Gasteiger partial charge in [0.05, 0.1) is 5.92 Å². The van der Waals surface area contributed by atoms with Crippen molar-refractivity contribution in [2.24, 2.45) is 5.92 Å². The second kappa shape index (κ2) is 12.2. The Kier molecular flexibility index (Phi) is 11.1. The van der Waals surface area contributed by atoms with Gasteiger partial charge in [0.2, 0.25) is 11.8 Å². The summed E-state index contributed by atoms with van der Waals surface area (Å²) in [6.07, 6.45) is 5.85. The molecule has 0 aromatic heterocycles. The van der Waals surface area contributed by atoms with Crippen LogP contribution in [0.4, 0.5) is 0 Å². The molecule has 3 aliphatic heterocycles. The number of rotatable bonds is 7. The van der Waals surface area contributed by atoms with Crippen LogP contribution < -0.4 is 5.32 Å². The lowest BCUT2D eigenvalue weighted by atomic mass is 10.0. The smallest absolute Gasteiger partial charge is 0.228 e. The fraction of sp³-hybridized carbons (Fsp3) is 0.900. The van der Waals surface area contributed by atoms with Gasteiger partial charge in [0.15, 0.2) is 0 Å². The van der Waals surface area contributed by atoms with Crippen molar-refractivity contribution in [3.05, 3.63) is 0 Å².